The summed E-state index contributed by atoms with van der Waals surface area (Å²) < 4.78 is 11.3. The number of benzene rings is 2. The van der Waals surface area contributed by atoms with Crippen LogP contribution >= 0.6 is 0 Å². The van der Waals surface area contributed by atoms with E-state index in [0.717, 1.165) is 30.1 Å². The lowest BCUT2D eigenvalue weighted by molar-refractivity contribution is 0.0951. The van der Waals surface area contributed by atoms with Gasteiger partial charge < -0.3 is 14.8 Å². The minimum absolute atomic E-state index is 0.0907. The number of nitrogens with one attached hydrogen (secondary N) is 1. The number of amides is 1. The van der Waals surface area contributed by atoms with Crippen LogP contribution < -0.4 is 14.8 Å². The molecule has 0 bridgehead atoms. The van der Waals surface area contributed by atoms with Gasteiger partial charge in [0.05, 0.1) is 12.7 Å². The second-order valence-corrected chi connectivity index (χ2v) is 6.93. The van der Waals surface area contributed by atoms with E-state index in [4.69, 9.17) is 9.47 Å². The number of rotatable bonds is 11. The van der Waals surface area contributed by atoms with E-state index in [1.807, 2.05) is 50.2 Å². The summed E-state index contributed by atoms with van der Waals surface area (Å²) in [6.07, 6.45) is 4.88. The average Bonchev–Trinajstić information content (AvgIpc) is 2.67. The van der Waals surface area contributed by atoms with E-state index >= 15 is 0 Å². The lowest BCUT2D eigenvalue weighted by Gasteiger charge is -2.11. The number of unbranched alkanes of at least 4 members (excludes halogenated alkanes) is 3. The van der Waals surface area contributed by atoms with Crippen molar-refractivity contribution in [1.29, 1.82) is 0 Å². The Bertz CT molecular complexity index is 678. The van der Waals surface area contributed by atoms with Gasteiger partial charge in [-0.15, -0.1) is 0 Å². The summed E-state index contributed by atoms with van der Waals surface area (Å²) in [6, 6.07) is 15.1. The monoisotopic (exact) mass is 369 g/mol. The molecule has 0 aliphatic heterocycles. The molecule has 0 saturated heterocycles. The molecule has 0 spiro atoms. The van der Waals surface area contributed by atoms with Crippen molar-refractivity contribution in [3.05, 3.63) is 59.7 Å². The summed E-state index contributed by atoms with van der Waals surface area (Å²) in [5.41, 5.74) is 1.67. The predicted molar refractivity (Wildman–Crippen MR) is 109 cm³/mol. The number of carbonyl (C=O) groups excluding carboxylic acids is 1. The Morgan fingerprint density at radius 2 is 1.59 bits per heavy atom. The highest BCUT2D eigenvalue weighted by Crippen LogP contribution is 2.15. The average molecular weight is 370 g/mol. The summed E-state index contributed by atoms with van der Waals surface area (Å²) >= 11 is 0. The highest BCUT2D eigenvalue weighted by atomic mass is 16.5. The second-order valence-electron chi connectivity index (χ2n) is 6.93. The molecular formula is C23H31NO3. The van der Waals surface area contributed by atoms with Gasteiger partial charge >= 0.3 is 0 Å². The molecule has 0 saturated carbocycles. The van der Waals surface area contributed by atoms with Gasteiger partial charge in [0.15, 0.2) is 0 Å². The van der Waals surface area contributed by atoms with Crippen molar-refractivity contribution in [2.75, 3.05) is 6.61 Å². The van der Waals surface area contributed by atoms with Gasteiger partial charge in [-0.1, -0.05) is 38.3 Å². The fourth-order valence-corrected chi connectivity index (χ4v) is 2.66. The van der Waals surface area contributed by atoms with Gasteiger partial charge in [0, 0.05) is 12.1 Å². The largest absolute Gasteiger partial charge is 0.494 e. The first-order chi connectivity index (χ1) is 13.1. The molecule has 0 unspecified atom stereocenters. The zero-order valence-electron chi connectivity index (χ0n) is 16.7. The molecule has 0 aromatic heterocycles. The standard InChI is InChI=1S/C23H31NO3/c1-4-5-6-7-16-26-21-14-10-20(11-15-21)23(25)24-17-19-8-12-22(13-9-19)27-18(2)3/h8-15,18H,4-7,16-17H2,1-3H3,(H,24,25). The highest BCUT2D eigenvalue weighted by Gasteiger charge is 2.06. The summed E-state index contributed by atoms with van der Waals surface area (Å²) in [5.74, 6) is 1.56. The smallest absolute Gasteiger partial charge is 0.251 e. The van der Waals surface area contributed by atoms with Crippen LogP contribution in [0.2, 0.25) is 0 Å². The molecule has 27 heavy (non-hydrogen) atoms. The quantitative estimate of drug-likeness (QED) is 0.542. The number of ether oxygens (including phenoxy) is 2. The van der Waals surface area contributed by atoms with Crippen LogP contribution in [-0.4, -0.2) is 18.6 Å². The van der Waals surface area contributed by atoms with Gasteiger partial charge in [-0.3, -0.25) is 4.79 Å². The van der Waals surface area contributed by atoms with E-state index in [1.54, 1.807) is 12.1 Å². The zero-order chi connectivity index (χ0) is 19.5. The Kier molecular flexibility index (Phi) is 8.69. The van der Waals surface area contributed by atoms with Gasteiger partial charge in [0.1, 0.15) is 11.5 Å². The van der Waals surface area contributed by atoms with E-state index < -0.39 is 0 Å². The molecule has 0 aliphatic rings. The van der Waals surface area contributed by atoms with Crippen molar-refractivity contribution in [1.82, 2.24) is 5.32 Å². The van der Waals surface area contributed by atoms with Crippen LogP contribution in [0.5, 0.6) is 11.5 Å². The Balaban J connectivity index is 1.76. The van der Waals surface area contributed by atoms with Crippen molar-refractivity contribution in [2.24, 2.45) is 0 Å². The zero-order valence-corrected chi connectivity index (χ0v) is 16.7. The molecule has 4 heteroatoms. The molecule has 1 N–H and O–H groups in total. The summed E-state index contributed by atoms with van der Waals surface area (Å²) in [7, 11) is 0. The summed E-state index contributed by atoms with van der Waals surface area (Å²) in [6.45, 7) is 7.40. The number of hydrogen-bond acceptors (Lipinski definition) is 3. The fraction of sp³-hybridized carbons (Fsp3) is 0.435. The molecule has 0 heterocycles. The molecular weight excluding hydrogens is 338 g/mol. The van der Waals surface area contributed by atoms with Crippen LogP contribution in [-0.2, 0) is 6.54 Å². The Hall–Kier alpha value is -2.49. The second kappa shape index (κ2) is 11.3. The highest BCUT2D eigenvalue weighted by molar-refractivity contribution is 5.94. The first-order valence-corrected chi connectivity index (χ1v) is 9.85. The molecule has 0 radical (unpaired) electrons. The molecule has 2 aromatic rings. The van der Waals surface area contributed by atoms with Crippen molar-refractivity contribution in [3.8, 4) is 11.5 Å². The fourth-order valence-electron chi connectivity index (χ4n) is 2.66. The van der Waals surface area contributed by atoms with E-state index in [0.29, 0.717) is 12.1 Å². The SMILES string of the molecule is CCCCCCOc1ccc(C(=O)NCc2ccc(OC(C)C)cc2)cc1. The first kappa shape index (κ1) is 20.8. The number of carbonyl (C=O) groups is 1. The molecule has 4 nitrogen and oxygen atoms in total. The van der Waals surface area contributed by atoms with Crippen molar-refractivity contribution >= 4 is 5.91 Å². The maximum Gasteiger partial charge on any atom is 0.251 e. The minimum atomic E-state index is -0.0907. The molecule has 0 fully saturated rings. The van der Waals surface area contributed by atoms with E-state index in [9.17, 15) is 4.79 Å². The Morgan fingerprint density at radius 3 is 2.22 bits per heavy atom. The third-order valence-corrected chi connectivity index (χ3v) is 4.13. The van der Waals surface area contributed by atoms with Crippen LogP contribution in [0.4, 0.5) is 0 Å². The lowest BCUT2D eigenvalue weighted by Crippen LogP contribution is -2.22. The Morgan fingerprint density at radius 1 is 0.926 bits per heavy atom. The summed E-state index contributed by atoms with van der Waals surface area (Å²) in [4.78, 5) is 12.3. The van der Waals surface area contributed by atoms with Crippen molar-refractivity contribution < 1.29 is 14.3 Å². The topological polar surface area (TPSA) is 47.6 Å². The molecule has 0 aliphatic carbocycles. The molecule has 0 atom stereocenters. The summed E-state index contributed by atoms with van der Waals surface area (Å²) in [5, 5.41) is 2.94. The normalized spacial score (nSPS) is 10.7. The molecule has 2 rings (SSSR count). The third kappa shape index (κ3) is 7.73. The first-order valence-electron chi connectivity index (χ1n) is 9.85. The van der Waals surface area contributed by atoms with Crippen LogP contribution in [0.15, 0.2) is 48.5 Å². The van der Waals surface area contributed by atoms with E-state index in [1.165, 1.54) is 19.3 Å². The predicted octanol–water partition coefficient (Wildman–Crippen LogP) is 5.36. The van der Waals surface area contributed by atoms with Gasteiger partial charge in [-0.2, -0.15) is 0 Å². The van der Waals surface area contributed by atoms with Gasteiger partial charge in [0.25, 0.3) is 5.91 Å². The molecule has 146 valence electrons. The maximum absolute atomic E-state index is 12.3. The minimum Gasteiger partial charge on any atom is -0.494 e. The third-order valence-electron chi connectivity index (χ3n) is 4.13. The van der Waals surface area contributed by atoms with E-state index in [-0.39, 0.29) is 12.0 Å². The Labute approximate surface area is 162 Å². The van der Waals surface area contributed by atoms with Gasteiger partial charge in [-0.05, 0) is 62.2 Å². The molecule has 2 aromatic carbocycles. The van der Waals surface area contributed by atoms with Crippen molar-refractivity contribution in [3.63, 3.8) is 0 Å². The van der Waals surface area contributed by atoms with Crippen LogP contribution in [0.1, 0.15) is 62.4 Å². The van der Waals surface area contributed by atoms with Gasteiger partial charge in [0.2, 0.25) is 0 Å². The lowest BCUT2D eigenvalue weighted by atomic mass is 10.2. The van der Waals surface area contributed by atoms with Crippen molar-refractivity contribution in [2.45, 2.75) is 59.1 Å². The van der Waals surface area contributed by atoms with Gasteiger partial charge in [-0.25, -0.2) is 0 Å². The molecule has 1 amide bonds. The van der Waals surface area contributed by atoms with Crippen LogP contribution in [0, 0.1) is 0 Å². The van der Waals surface area contributed by atoms with Crippen LogP contribution in [0.25, 0.3) is 0 Å². The van der Waals surface area contributed by atoms with E-state index in [2.05, 4.69) is 12.2 Å². The maximum atomic E-state index is 12.3. The number of hydrogen-bond donors (Lipinski definition) is 1. The van der Waals surface area contributed by atoms with Crippen LogP contribution in [0.3, 0.4) is 0 Å².